The van der Waals surface area contributed by atoms with Gasteiger partial charge in [-0.15, -0.1) is 0 Å². The zero-order valence-corrected chi connectivity index (χ0v) is 12.5. The second-order valence-electron chi connectivity index (χ2n) is 5.15. The van der Waals surface area contributed by atoms with Gasteiger partial charge >= 0.3 is 0 Å². The number of pyridine rings is 1. The average Bonchev–Trinajstić information content (AvgIpc) is 2.52. The molecule has 0 spiro atoms. The lowest BCUT2D eigenvalue weighted by molar-refractivity contribution is 0.0827. The number of aromatic nitrogens is 1. The van der Waals surface area contributed by atoms with Gasteiger partial charge in [0.1, 0.15) is 5.82 Å². The van der Waals surface area contributed by atoms with Gasteiger partial charge in [0.25, 0.3) is 5.91 Å². The van der Waals surface area contributed by atoms with Crippen LogP contribution >= 0.6 is 0 Å². The summed E-state index contributed by atoms with van der Waals surface area (Å²) in [5.74, 6) is 0.775. The lowest BCUT2D eigenvalue weighted by Gasteiger charge is -2.10. The molecule has 21 heavy (non-hydrogen) atoms. The second kappa shape index (κ2) is 7.43. The van der Waals surface area contributed by atoms with Crippen molar-refractivity contribution in [2.75, 3.05) is 26.0 Å². The normalized spacial score (nSPS) is 10.2. The van der Waals surface area contributed by atoms with Gasteiger partial charge in [-0.1, -0.05) is 30.3 Å². The molecule has 110 valence electrons. The summed E-state index contributed by atoms with van der Waals surface area (Å²) in [5, 5.41) is 3.27. The molecule has 0 fully saturated rings. The zero-order valence-electron chi connectivity index (χ0n) is 12.5. The SMILES string of the molecule is CN(C)C(=O)c1ccc(NCCCc2ccccc2)nc1. The molecule has 1 aromatic carbocycles. The summed E-state index contributed by atoms with van der Waals surface area (Å²) in [5.41, 5.74) is 1.95. The third-order valence-electron chi connectivity index (χ3n) is 3.21. The molecule has 0 saturated carbocycles. The van der Waals surface area contributed by atoms with E-state index in [1.807, 2.05) is 12.1 Å². The van der Waals surface area contributed by atoms with Gasteiger partial charge in [-0.05, 0) is 30.5 Å². The summed E-state index contributed by atoms with van der Waals surface area (Å²) in [6.45, 7) is 0.864. The van der Waals surface area contributed by atoms with Gasteiger partial charge in [0.05, 0.1) is 5.56 Å². The molecule has 0 aliphatic carbocycles. The van der Waals surface area contributed by atoms with E-state index in [4.69, 9.17) is 0 Å². The summed E-state index contributed by atoms with van der Waals surface area (Å²) in [6.07, 6.45) is 3.71. The standard InChI is InChI=1S/C17H21N3O/c1-20(2)17(21)15-10-11-16(19-13-15)18-12-6-9-14-7-4-3-5-8-14/h3-5,7-8,10-11,13H,6,9,12H2,1-2H3,(H,18,19). The number of nitrogens with one attached hydrogen (secondary N) is 1. The van der Waals surface area contributed by atoms with E-state index >= 15 is 0 Å². The maximum absolute atomic E-state index is 11.7. The minimum absolute atomic E-state index is 0.0295. The van der Waals surface area contributed by atoms with Crippen LogP contribution in [-0.4, -0.2) is 36.4 Å². The molecule has 2 aromatic rings. The number of hydrogen-bond acceptors (Lipinski definition) is 3. The number of nitrogens with zero attached hydrogens (tertiary/aromatic N) is 2. The third kappa shape index (κ3) is 4.60. The minimum Gasteiger partial charge on any atom is -0.370 e. The van der Waals surface area contributed by atoms with Crippen LogP contribution in [0, 0.1) is 0 Å². The summed E-state index contributed by atoms with van der Waals surface area (Å²) in [6, 6.07) is 14.1. The van der Waals surface area contributed by atoms with Crippen LogP contribution in [0.1, 0.15) is 22.3 Å². The Bertz CT molecular complexity index is 564. The molecule has 1 aromatic heterocycles. The van der Waals surface area contributed by atoms with Gasteiger partial charge in [0.15, 0.2) is 0 Å². The van der Waals surface area contributed by atoms with Crippen molar-refractivity contribution in [3.8, 4) is 0 Å². The first-order valence-electron chi connectivity index (χ1n) is 7.12. The number of carbonyl (C=O) groups is 1. The molecule has 4 nitrogen and oxygen atoms in total. The predicted molar refractivity (Wildman–Crippen MR) is 85.5 cm³/mol. The largest absolute Gasteiger partial charge is 0.370 e. The summed E-state index contributed by atoms with van der Waals surface area (Å²) in [4.78, 5) is 17.6. The highest BCUT2D eigenvalue weighted by molar-refractivity contribution is 5.93. The minimum atomic E-state index is -0.0295. The molecule has 0 atom stereocenters. The molecule has 1 N–H and O–H groups in total. The Labute approximate surface area is 125 Å². The Morgan fingerprint density at radius 2 is 1.90 bits per heavy atom. The van der Waals surface area contributed by atoms with Crippen LogP contribution in [0.5, 0.6) is 0 Å². The average molecular weight is 283 g/mol. The van der Waals surface area contributed by atoms with Crippen LogP contribution in [-0.2, 0) is 6.42 Å². The maximum Gasteiger partial charge on any atom is 0.254 e. The van der Waals surface area contributed by atoms with Crippen molar-refractivity contribution in [2.45, 2.75) is 12.8 Å². The van der Waals surface area contributed by atoms with Crippen LogP contribution in [0.2, 0.25) is 0 Å². The Morgan fingerprint density at radius 3 is 2.52 bits per heavy atom. The molecule has 0 unspecified atom stereocenters. The van der Waals surface area contributed by atoms with E-state index in [0.29, 0.717) is 5.56 Å². The van der Waals surface area contributed by atoms with Gasteiger partial charge in [-0.25, -0.2) is 4.98 Å². The summed E-state index contributed by atoms with van der Waals surface area (Å²) in [7, 11) is 3.47. The molecule has 2 rings (SSSR count). The lowest BCUT2D eigenvalue weighted by atomic mass is 10.1. The zero-order chi connectivity index (χ0) is 15.1. The topological polar surface area (TPSA) is 45.2 Å². The van der Waals surface area contributed by atoms with Gasteiger partial charge < -0.3 is 10.2 Å². The fourth-order valence-electron chi connectivity index (χ4n) is 2.04. The number of amides is 1. The summed E-state index contributed by atoms with van der Waals surface area (Å²) < 4.78 is 0. The first-order valence-corrected chi connectivity index (χ1v) is 7.12. The van der Waals surface area contributed by atoms with Gasteiger partial charge in [-0.2, -0.15) is 0 Å². The number of rotatable bonds is 6. The molecule has 0 aliphatic rings. The van der Waals surface area contributed by atoms with Gasteiger partial charge in [-0.3, -0.25) is 4.79 Å². The number of carbonyl (C=O) groups excluding carboxylic acids is 1. The lowest BCUT2D eigenvalue weighted by Crippen LogP contribution is -2.21. The predicted octanol–water partition coefficient (Wildman–Crippen LogP) is 2.83. The van der Waals surface area contributed by atoms with E-state index in [0.717, 1.165) is 25.2 Å². The molecule has 0 saturated heterocycles. The fraction of sp³-hybridized carbons (Fsp3) is 0.294. The Morgan fingerprint density at radius 1 is 1.14 bits per heavy atom. The molecular formula is C17H21N3O. The van der Waals surface area contributed by atoms with Gasteiger partial charge in [0, 0.05) is 26.8 Å². The van der Waals surface area contributed by atoms with Crippen molar-refractivity contribution in [2.24, 2.45) is 0 Å². The van der Waals surface area contributed by atoms with E-state index in [9.17, 15) is 4.79 Å². The molecular weight excluding hydrogens is 262 g/mol. The van der Waals surface area contributed by atoms with Crippen LogP contribution in [0.3, 0.4) is 0 Å². The quantitative estimate of drug-likeness (QED) is 0.829. The fourth-order valence-corrected chi connectivity index (χ4v) is 2.04. The maximum atomic E-state index is 11.7. The second-order valence-corrected chi connectivity index (χ2v) is 5.15. The van der Waals surface area contributed by atoms with Crippen molar-refractivity contribution < 1.29 is 4.79 Å². The van der Waals surface area contributed by atoms with Crippen molar-refractivity contribution in [3.05, 3.63) is 59.8 Å². The first kappa shape index (κ1) is 15.0. The van der Waals surface area contributed by atoms with Crippen LogP contribution < -0.4 is 5.32 Å². The third-order valence-corrected chi connectivity index (χ3v) is 3.21. The van der Waals surface area contributed by atoms with E-state index in [1.165, 1.54) is 5.56 Å². The molecule has 1 amide bonds. The van der Waals surface area contributed by atoms with Crippen LogP contribution in [0.15, 0.2) is 48.7 Å². The van der Waals surface area contributed by atoms with Crippen molar-refractivity contribution in [3.63, 3.8) is 0 Å². The molecule has 0 bridgehead atoms. The molecule has 4 heteroatoms. The van der Waals surface area contributed by atoms with E-state index in [1.54, 1.807) is 31.3 Å². The highest BCUT2D eigenvalue weighted by Crippen LogP contribution is 2.08. The number of hydrogen-bond donors (Lipinski definition) is 1. The molecule has 0 radical (unpaired) electrons. The first-order chi connectivity index (χ1) is 10.2. The Hall–Kier alpha value is -2.36. The van der Waals surface area contributed by atoms with Crippen molar-refractivity contribution in [1.82, 2.24) is 9.88 Å². The molecule has 0 aliphatic heterocycles. The van der Waals surface area contributed by atoms with Crippen LogP contribution in [0.4, 0.5) is 5.82 Å². The van der Waals surface area contributed by atoms with E-state index in [2.05, 4.69) is 34.6 Å². The number of anilines is 1. The smallest absolute Gasteiger partial charge is 0.254 e. The monoisotopic (exact) mass is 283 g/mol. The Kier molecular flexibility index (Phi) is 5.32. The highest BCUT2D eigenvalue weighted by Gasteiger charge is 2.07. The van der Waals surface area contributed by atoms with Crippen molar-refractivity contribution in [1.29, 1.82) is 0 Å². The number of aryl methyl sites for hydroxylation is 1. The van der Waals surface area contributed by atoms with E-state index < -0.39 is 0 Å². The Balaban J connectivity index is 1.77. The highest BCUT2D eigenvalue weighted by atomic mass is 16.2. The van der Waals surface area contributed by atoms with Crippen LogP contribution in [0.25, 0.3) is 0 Å². The molecule has 1 heterocycles. The van der Waals surface area contributed by atoms with E-state index in [-0.39, 0.29) is 5.91 Å². The summed E-state index contributed by atoms with van der Waals surface area (Å²) >= 11 is 0. The van der Waals surface area contributed by atoms with Crippen molar-refractivity contribution >= 4 is 11.7 Å². The van der Waals surface area contributed by atoms with Gasteiger partial charge in [0.2, 0.25) is 0 Å². The number of benzene rings is 1.